The van der Waals surface area contributed by atoms with Gasteiger partial charge in [-0.15, -0.1) is 0 Å². The standard InChI is InChI=1S/C26H27ClFNO2/c1-16-21(15-18-7-9-19(28)10-8-18)24-20(11-12-22(31-3)25(24)27)26(30)23(16)17(2)29-13-5-4-6-14-29/h4-5,7-12,17,30H,6,13-15H2,1-3H3. The lowest BCUT2D eigenvalue weighted by molar-refractivity contribution is 0.226. The molecule has 4 rings (SSSR count). The van der Waals surface area contributed by atoms with Gasteiger partial charge in [-0.05, 0) is 67.6 Å². The minimum atomic E-state index is -0.261. The summed E-state index contributed by atoms with van der Waals surface area (Å²) >= 11 is 6.75. The Morgan fingerprint density at radius 1 is 1.16 bits per heavy atom. The van der Waals surface area contributed by atoms with E-state index in [4.69, 9.17) is 16.3 Å². The molecule has 0 spiro atoms. The number of methoxy groups -OCH3 is 1. The molecule has 1 unspecified atom stereocenters. The van der Waals surface area contributed by atoms with Gasteiger partial charge < -0.3 is 9.84 Å². The van der Waals surface area contributed by atoms with Crippen LogP contribution < -0.4 is 4.74 Å². The number of nitrogens with zero attached hydrogens (tertiary/aromatic N) is 1. The summed E-state index contributed by atoms with van der Waals surface area (Å²) in [7, 11) is 1.58. The zero-order valence-electron chi connectivity index (χ0n) is 18.1. The lowest BCUT2D eigenvalue weighted by Gasteiger charge is -2.32. The largest absolute Gasteiger partial charge is 0.507 e. The topological polar surface area (TPSA) is 32.7 Å². The number of phenols is 1. The van der Waals surface area contributed by atoms with Crippen LogP contribution in [0.4, 0.5) is 4.39 Å². The summed E-state index contributed by atoms with van der Waals surface area (Å²) in [6.07, 6.45) is 5.95. The highest BCUT2D eigenvalue weighted by Crippen LogP contribution is 2.46. The van der Waals surface area contributed by atoms with E-state index < -0.39 is 0 Å². The molecule has 3 aromatic rings. The summed E-state index contributed by atoms with van der Waals surface area (Å²) < 4.78 is 18.9. The molecule has 3 aromatic carbocycles. The molecule has 0 saturated heterocycles. The van der Waals surface area contributed by atoms with Gasteiger partial charge in [-0.2, -0.15) is 0 Å². The molecule has 162 valence electrons. The quantitative estimate of drug-likeness (QED) is 0.456. The fourth-order valence-electron chi connectivity index (χ4n) is 4.61. The summed E-state index contributed by atoms with van der Waals surface area (Å²) in [5.74, 6) is 0.570. The van der Waals surface area contributed by atoms with Crippen LogP contribution >= 0.6 is 11.6 Å². The molecule has 0 fully saturated rings. The van der Waals surface area contributed by atoms with E-state index in [0.29, 0.717) is 22.6 Å². The fraction of sp³-hybridized carbons (Fsp3) is 0.308. The summed E-state index contributed by atoms with van der Waals surface area (Å²) in [6, 6.07) is 10.2. The van der Waals surface area contributed by atoms with Crippen LogP contribution in [0.25, 0.3) is 10.8 Å². The Kier molecular flexibility index (Phi) is 6.22. The molecule has 0 radical (unpaired) electrons. The van der Waals surface area contributed by atoms with E-state index >= 15 is 0 Å². The molecule has 0 aliphatic carbocycles. The van der Waals surface area contributed by atoms with E-state index in [9.17, 15) is 9.50 Å². The second-order valence-corrected chi connectivity index (χ2v) is 8.48. The molecule has 0 saturated carbocycles. The van der Waals surface area contributed by atoms with Gasteiger partial charge in [0.2, 0.25) is 0 Å². The van der Waals surface area contributed by atoms with Crippen LogP contribution in [0.3, 0.4) is 0 Å². The number of ether oxygens (including phenoxy) is 1. The third kappa shape index (κ3) is 4.02. The minimum Gasteiger partial charge on any atom is -0.507 e. The third-order valence-corrected chi connectivity index (χ3v) is 6.72. The number of fused-ring (bicyclic) bond motifs is 1. The predicted octanol–water partition coefficient (Wildman–Crippen LogP) is 6.57. The van der Waals surface area contributed by atoms with Crippen LogP contribution in [-0.4, -0.2) is 30.2 Å². The highest BCUT2D eigenvalue weighted by Gasteiger charge is 2.26. The maximum Gasteiger partial charge on any atom is 0.138 e. The summed E-state index contributed by atoms with van der Waals surface area (Å²) in [4.78, 5) is 2.36. The van der Waals surface area contributed by atoms with Crippen molar-refractivity contribution in [1.29, 1.82) is 0 Å². The summed E-state index contributed by atoms with van der Waals surface area (Å²) in [5, 5.41) is 13.3. The molecule has 0 amide bonds. The fourth-order valence-corrected chi connectivity index (χ4v) is 4.97. The van der Waals surface area contributed by atoms with Crippen molar-refractivity contribution in [2.24, 2.45) is 0 Å². The van der Waals surface area contributed by atoms with Gasteiger partial charge in [0.25, 0.3) is 0 Å². The van der Waals surface area contributed by atoms with Crippen LogP contribution in [0.1, 0.15) is 41.6 Å². The Bertz CT molecular complexity index is 1140. The molecule has 5 heteroatoms. The molecule has 31 heavy (non-hydrogen) atoms. The number of hydrogen-bond donors (Lipinski definition) is 1. The Labute approximate surface area is 187 Å². The number of halogens is 2. The number of rotatable bonds is 5. The second-order valence-electron chi connectivity index (χ2n) is 8.10. The first-order chi connectivity index (χ1) is 14.9. The predicted molar refractivity (Wildman–Crippen MR) is 125 cm³/mol. The Morgan fingerprint density at radius 2 is 1.90 bits per heavy atom. The number of hydrogen-bond acceptors (Lipinski definition) is 3. The van der Waals surface area contributed by atoms with Crippen molar-refractivity contribution in [3.8, 4) is 11.5 Å². The van der Waals surface area contributed by atoms with Crippen molar-refractivity contribution < 1.29 is 14.2 Å². The zero-order valence-corrected chi connectivity index (χ0v) is 18.8. The van der Waals surface area contributed by atoms with Gasteiger partial charge >= 0.3 is 0 Å². The lowest BCUT2D eigenvalue weighted by Crippen LogP contribution is -2.30. The molecule has 0 aromatic heterocycles. The monoisotopic (exact) mass is 439 g/mol. The second kappa shape index (κ2) is 8.89. The molecule has 3 nitrogen and oxygen atoms in total. The number of phenolic OH excluding ortho intramolecular Hbond substituents is 1. The van der Waals surface area contributed by atoms with Gasteiger partial charge in [-0.25, -0.2) is 4.39 Å². The van der Waals surface area contributed by atoms with Crippen LogP contribution in [0.5, 0.6) is 11.5 Å². The first kappa shape index (κ1) is 21.7. The van der Waals surface area contributed by atoms with Crippen molar-refractivity contribution in [1.82, 2.24) is 4.90 Å². The van der Waals surface area contributed by atoms with Crippen LogP contribution in [0.15, 0.2) is 48.6 Å². The summed E-state index contributed by atoms with van der Waals surface area (Å²) in [6.45, 7) is 5.99. The van der Waals surface area contributed by atoms with Crippen molar-refractivity contribution in [3.05, 3.63) is 81.6 Å². The Hall–Kier alpha value is -2.56. The maximum absolute atomic E-state index is 13.5. The lowest BCUT2D eigenvalue weighted by atomic mass is 9.87. The van der Waals surface area contributed by atoms with E-state index in [1.807, 2.05) is 13.0 Å². The Balaban J connectivity index is 1.94. The van der Waals surface area contributed by atoms with Crippen molar-refractivity contribution in [2.75, 3.05) is 20.2 Å². The highest BCUT2D eigenvalue weighted by atomic mass is 35.5. The van der Waals surface area contributed by atoms with Crippen LogP contribution in [-0.2, 0) is 6.42 Å². The average Bonchev–Trinajstić information content (AvgIpc) is 2.78. The van der Waals surface area contributed by atoms with E-state index in [-0.39, 0.29) is 17.6 Å². The van der Waals surface area contributed by atoms with Crippen LogP contribution in [0, 0.1) is 12.7 Å². The van der Waals surface area contributed by atoms with Gasteiger partial charge in [-0.1, -0.05) is 35.9 Å². The van der Waals surface area contributed by atoms with E-state index in [0.717, 1.165) is 47.2 Å². The van der Waals surface area contributed by atoms with Crippen molar-refractivity contribution >= 4 is 22.4 Å². The molecule has 1 aliphatic heterocycles. The number of benzene rings is 3. The molecular formula is C26H27ClFNO2. The van der Waals surface area contributed by atoms with E-state index in [2.05, 4.69) is 24.0 Å². The zero-order chi connectivity index (χ0) is 22.1. The maximum atomic E-state index is 13.5. The molecule has 1 heterocycles. The van der Waals surface area contributed by atoms with Gasteiger partial charge in [0, 0.05) is 35.5 Å². The highest BCUT2D eigenvalue weighted by molar-refractivity contribution is 6.37. The molecule has 1 aliphatic rings. The first-order valence-corrected chi connectivity index (χ1v) is 10.9. The molecule has 1 atom stereocenters. The van der Waals surface area contributed by atoms with Gasteiger partial charge in [0.1, 0.15) is 17.3 Å². The van der Waals surface area contributed by atoms with Gasteiger partial charge in [-0.3, -0.25) is 4.90 Å². The van der Waals surface area contributed by atoms with Crippen molar-refractivity contribution in [2.45, 2.75) is 32.7 Å². The third-order valence-electron chi connectivity index (χ3n) is 6.34. The SMILES string of the molecule is COc1ccc2c(O)c(C(C)N3CC=CCC3)c(C)c(Cc3ccc(F)cc3)c2c1Cl. The molecular weight excluding hydrogens is 413 g/mol. The first-order valence-electron chi connectivity index (χ1n) is 10.6. The normalized spacial score (nSPS) is 15.4. The van der Waals surface area contributed by atoms with Crippen molar-refractivity contribution in [3.63, 3.8) is 0 Å². The minimum absolute atomic E-state index is 0.0437. The molecule has 1 N–H and O–H groups in total. The van der Waals surface area contributed by atoms with E-state index in [1.165, 1.54) is 12.1 Å². The van der Waals surface area contributed by atoms with Gasteiger partial charge in [0.15, 0.2) is 0 Å². The number of aromatic hydroxyl groups is 1. The average molecular weight is 440 g/mol. The summed E-state index contributed by atoms with van der Waals surface area (Å²) in [5.41, 5.74) is 3.93. The van der Waals surface area contributed by atoms with Gasteiger partial charge in [0.05, 0.1) is 12.1 Å². The molecule has 0 bridgehead atoms. The van der Waals surface area contributed by atoms with Crippen LogP contribution in [0.2, 0.25) is 5.02 Å². The smallest absolute Gasteiger partial charge is 0.138 e. The Morgan fingerprint density at radius 3 is 2.55 bits per heavy atom. The van der Waals surface area contributed by atoms with E-state index in [1.54, 1.807) is 25.3 Å².